The van der Waals surface area contributed by atoms with Crippen molar-refractivity contribution in [3.05, 3.63) is 64.6 Å². The van der Waals surface area contributed by atoms with E-state index in [1.807, 2.05) is 30.3 Å². The summed E-state index contributed by atoms with van der Waals surface area (Å²) >= 11 is 3.34. The first kappa shape index (κ1) is 18.3. The third-order valence-electron chi connectivity index (χ3n) is 4.47. The van der Waals surface area contributed by atoms with Crippen molar-refractivity contribution in [2.75, 3.05) is 11.4 Å². The van der Waals surface area contributed by atoms with Crippen LogP contribution in [0.15, 0.2) is 59.1 Å². The van der Waals surface area contributed by atoms with Crippen molar-refractivity contribution in [2.45, 2.75) is 25.8 Å². The molecule has 0 unspecified atom stereocenters. The number of amides is 3. The number of nitrogens with zero attached hydrogens (tertiary/aromatic N) is 2. The van der Waals surface area contributed by atoms with Crippen molar-refractivity contribution in [1.82, 2.24) is 4.90 Å². The molecule has 2 aromatic carbocycles. The fourth-order valence-electron chi connectivity index (χ4n) is 3.15. The highest BCUT2D eigenvalue weighted by Crippen LogP contribution is 2.27. The van der Waals surface area contributed by atoms with E-state index in [2.05, 4.69) is 15.9 Å². The van der Waals surface area contributed by atoms with Gasteiger partial charge in [0, 0.05) is 17.9 Å². The highest BCUT2D eigenvalue weighted by molar-refractivity contribution is 9.10. The number of anilines is 1. The second kappa shape index (κ2) is 7.83. The lowest BCUT2D eigenvalue weighted by molar-refractivity contribution is -0.136. The number of imide groups is 1. The Balaban J connectivity index is 1.77. The summed E-state index contributed by atoms with van der Waals surface area (Å²) in [5.41, 5.74) is 1.61. The minimum absolute atomic E-state index is 0.0171. The van der Waals surface area contributed by atoms with Gasteiger partial charge in [0.1, 0.15) is 6.04 Å². The number of carbonyl (C=O) groups excluding carboxylic acids is 3. The van der Waals surface area contributed by atoms with Crippen molar-refractivity contribution < 1.29 is 14.4 Å². The van der Waals surface area contributed by atoms with Crippen LogP contribution in [-0.2, 0) is 20.8 Å². The van der Waals surface area contributed by atoms with Gasteiger partial charge in [-0.25, -0.2) is 4.90 Å². The predicted octanol–water partition coefficient (Wildman–Crippen LogP) is 3.17. The van der Waals surface area contributed by atoms with Gasteiger partial charge >= 0.3 is 0 Å². The van der Waals surface area contributed by atoms with Gasteiger partial charge in [-0.2, -0.15) is 0 Å². The summed E-state index contributed by atoms with van der Waals surface area (Å²) in [5.74, 6) is -0.835. The maximum atomic E-state index is 12.9. The summed E-state index contributed by atoms with van der Waals surface area (Å²) in [6.45, 7) is 1.84. The zero-order valence-electron chi connectivity index (χ0n) is 14.4. The summed E-state index contributed by atoms with van der Waals surface area (Å²) < 4.78 is 0.866. The molecule has 1 aliphatic heterocycles. The first-order valence-electron chi connectivity index (χ1n) is 8.41. The molecule has 0 saturated carbocycles. The van der Waals surface area contributed by atoms with Crippen LogP contribution in [-0.4, -0.2) is 35.2 Å². The van der Waals surface area contributed by atoms with Crippen LogP contribution in [0.25, 0.3) is 0 Å². The summed E-state index contributed by atoms with van der Waals surface area (Å²) in [7, 11) is 0. The number of halogens is 1. The molecule has 3 rings (SSSR count). The molecule has 134 valence electrons. The van der Waals surface area contributed by atoms with E-state index in [0.717, 1.165) is 10.0 Å². The third kappa shape index (κ3) is 3.85. The van der Waals surface area contributed by atoms with Crippen LogP contribution in [0, 0.1) is 0 Å². The fourth-order valence-corrected chi connectivity index (χ4v) is 3.41. The molecule has 0 radical (unpaired) electrons. The zero-order valence-corrected chi connectivity index (χ0v) is 16.0. The van der Waals surface area contributed by atoms with Crippen LogP contribution in [0.1, 0.15) is 18.9 Å². The van der Waals surface area contributed by atoms with Gasteiger partial charge in [0.05, 0.1) is 12.1 Å². The van der Waals surface area contributed by atoms with Crippen molar-refractivity contribution in [3.8, 4) is 0 Å². The highest BCUT2D eigenvalue weighted by Gasteiger charge is 2.43. The van der Waals surface area contributed by atoms with Crippen LogP contribution in [0.2, 0.25) is 0 Å². The molecule has 5 nitrogen and oxygen atoms in total. The van der Waals surface area contributed by atoms with Gasteiger partial charge in [-0.05, 0) is 36.2 Å². The minimum Gasteiger partial charge on any atom is -0.330 e. The van der Waals surface area contributed by atoms with Gasteiger partial charge in [0.2, 0.25) is 11.8 Å². The first-order chi connectivity index (χ1) is 12.5. The zero-order chi connectivity index (χ0) is 18.7. The Morgan fingerprint density at radius 2 is 1.77 bits per heavy atom. The number of hydrogen-bond donors (Lipinski definition) is 0. The molecule has 0 aliphatic carbocycles. The van der Waals surface area contributed by atoms with E-state index >= 15 is 0 Å². The number of benzene rings is 2. The molecule has 1 fully saturated rings. The van der Waals surface area contributed by atoms with Gasteiger partial charge in [-0.1, -0.05) is 46.3 Å². The van der Waals surface area contributed by atoms with E-state index in [4.69, 9.17) is 0 Å². The van der Waals surface area contributed by atoms with Crippen molar-refractivity contribution in [3.63, 3.8) is 0 Å². The topological polar surface area (TPSA) is 57.7 Å². The second-order valence-electron chi connectivity index (χ2n) is 6.21. The Hall–Kier alpha value is -2.47. The number of hydrogen-bond acceptors (Lipinski definition) is 3. The maximum absolute atomic E-state index is 12.9. The molecule has 0 bridgehead atoms. The molecule has 1 atom stereocenters. The van der Waals surface area contributed by atoms with Gasteiger partial charge in [-0.15, -0.1) is 0 Å². The van der Waals surface area contributed by atoms with Crippen molar-refractivity contribution in [1.29, 1.82) is 0 Å². The van der Waals surface area contributed by atoms with E-state index in [1.54, 1.807) is 24.3 Å². The molecule has 1 heterocycles. The molecule has 26 heavy (non-hydrogen) atoms. The maximum Gasteiger partial charge on any atom is 0.257 e. The average Bonchev–Trinajstić information content (AvgIpc) is 2.91. The molecule has 0 N–H and O–H groups in total. The highest BCUT2D eigenvalue weighted by atomic mass is 79.9. The molecule has 6 heteroatoms. The Morgan fingerprint density at radius 1 is 1.12 bits per heavy atom. The molecule has 1 saturated heterocycles. The number of carbonyl (C=O) groups is 3. The fraction of sp³-hybridized carbons (Fsp3) is 0.250. The molecule has 0 spiro atoms. The Bertz CT molecular complexity index is 821. The minimum atomic E-state index is -0.743. The average molecular weight is 415 g/mol. The normalized spacial score (nSPS) is 16.8. The quantitative estimate of drug-likeness (QED) is 0.705. The van der Waals surface area contributed by atoms with Gasteiger partial charge in [0.25, 0.3) is 5.91 Å². The molecular weight excluding hydrogens is 396 g/mol. The molecular formula is C20H19BrN2O3. The lowest BCUT2D eigenvalue weighted by Crippen LogP contribution is -2.45. The van der Waals surface area contributed by atoms with Gasteiger partial charge in [-0.3, -0.25) is 14.4 Å². The van der Waals surface area contributed by atoms with E-state index in [1.165, 1.54) is 16.7 Å². The van der Waals surface area contributed by atoms with E-state index < -0.39 is 6.04 Å². The second-order valence-corrected chi connectivity index (χ2v) is 7.13. The van der Waals surface area contributed by atoms with E-state index in [9.17, 15) is 14.4 Å². The van der Waals surface area contributed by atoms with Crippen molar-refractivity contribution in [2.24, 2.45) is 0 Å². The Morgan fingerprint density at radius 3 is 2.38 bits per heavy atom. The number of rotatable bonds is 5. The van der Waals surface area contributed by atoms with Crippen LogP contribution in [0.4, 0.5) is 5.69 Å². The predicted molar refractivity (Wildman–Crippen MR) is 103 cm³/mol. The standard InChI is InChI=1S/C20H19BrN2O3/c1-14(24)22(12-11-15-5-3-2-4-6-15)18-13-19(25)23(20(18)26)17-9-7-16(21)8-10-17/h2-10,18H,11-13H2,1H3/t18-/m0/s1. The van der Waals surface area contributed by atoms with E-state index in [0.29, 0.717) is 18.7 Å². The lowest BCUT2D eigenvalue weighted by Gasteiger charge is -2.26. The molecule has 3 amide bonds. The van der Waals surface area contributed by atoms with Gasteiger partial charge in [0.15, 0.2) is 0 Å². The van der Waals surface area contributed by atoms with Crippen LogP contribution < -0.4 is 4.90 Å². The third-order valence-corrected chi connectivity index (χ3v) is 5.00. The lowest BCUT2D eigenvalue weighted by atomic mass is 10.1. The molecule has 0 aromatic heterocycles. The van der Waals surface area contributed by atoms with Crippen LogP contribution in [0.5, 0.6) is 0 Å². The summed E-state index contributed by atoms with van der Waals surface area (Å²) in [4.78, 5) is 40.1. The largest absolute Gasteiger partial charge is 0.330 e. The Labute approximate surface area is 160 Å². The molecule has 1 aliphatic rings. The molecule has 2 aromatic rings. The van der Waals surface area contributed by atoms with Crippen molar-refractivity contribution >= 4 is 39.3 Å². The van der Waals surface area contributed by atoms with Crippen LogP contribution >= 0.6 is 15.9 Å². The van der Waals surface area contributed by atoms with Crippen LogP contribution in [0.3, 0.4) is 0 Å². The monoisotopic (exact) mass is 414 g/mol. The smallest absolute Gasteiger partial charge is 0.257 e. The van der Waals surface area contributed by atoms with Gasteiger partial charge < -0.3 is 4.90 Å². The summed E-state index contributed by atoms with van der Waals surface area (Å²) in [6.07, 6.45) is 0.653. The first-order valence-corrected chi connectivity index (χ1v) is 9.20. The van der Waals surface area contributed by atoms with E-state index in [-0.39, 0.29) is 24.1 Å². The Kier molecular flexibility index (Phi) is 5.52. The summed E-state index contributed by atoms with van der Waals surface area (Å²) in [6, 6.07) is 16.0. The summed E-state index contributed by atoms with van der Waals surface area (Å²) in [5, 5.41) is 0. The SMILES string of the molecule is CC(=O)N(CCc1ccccc1)[C@H]1CC(=O)N(c2ccc(Br)cc2)C1=O.